The molecular formula is C30H29N3O4S. The number of nitrogens with zero attached hydrogens (tertiary/aromatic N) is 3. The maximum atomic E-state index is 13.6. The number of hydrogen-bond donors (Lipinski definition) is 1. The molecule has 0 bridgehead atoms. The molecule has 194 valence electrons. The SMILES string of the molecule is Cc1cc(C)c2nc(N3C(=O)C(=O)C(=C(O)c4ccncc4)C3c3cccc(OCCC(C)C)c3)sc2c1. The van der Waals surface area contributed by atoms with Crippen LogP contribution in [0.5, 0.6) is 5.75 Å². The maximum Gasteiger partial charge on any atom is 0.301 e. The van der Waals surface area contributed by atoms with Crippen LogP contribution in [0, 0.1) is 19.8 Å². The van der Waals surface area contributed by atoms with Gasteiger partial charge < -0.3 is 9.84 Å². The van der Waals surface area contributed by atoms with Gasteiger partial charge >= 0.3 is 5.91 Å². The molecular weight excluding hydrogens is 498 g/mol. The van der Waals surface area contributed by atoms with E-state index in [0.29, 0.717) is 34.5 Å². The van der Waals surface area contributed by atoms with Crippen LogP contribution in [0.3, 0.4) is 0 Å². The summed E-state index contributed by atoms with van der Waals surface area (Å²) in [6.45, 7) is 8.80. The highest BCUT2D eigenvalue weighted by Gasteiger charge is 2.48. The lowest BCUT2D eigenvalue weighted by Crippen LogP contribution is -2.29. The van der Waals surface area contributed by atoms with E-state index in [1.165, 1.54) is 28.6 Å². The number of ketones is 1. The minimum absolute atomic E-state index is 0.00712. The molecule has 38 heavy (non-hydrogen) atoms. The number of aromatic nitrogens is 2. The van der Waals surface area contributed by atoms with Crippen LogP contribution >= 0.6 is 11.3 Å². The summed E-state index contributed by atoms with van der Waals surface area (Å²) < 4.78 is 6.91. The van der Waals surface area contributed by atoms with E-state index in [1.807, 2.05) is 50.2 Å². The molecule has 8 heteroatoms. The molecule has 1 aliphatic rings. The Labute approximate surface area is 225 Å². The van der Waals surface area contributed by atoms with Gasteiger partial charge in [-0.3, -0.25) is 19.5 Å². The minimum atomic E-state index is -0.876. The largest absolute Gasteiger partial charge is 0.507 e. The first-order valence-corrected chi connectivity index (χ1v) is 13.4. The number of pyridine rings is 1. The fourth-order valence-corrected chi connectivity index (χ4v) is 5.83. The lowest BCUT2D eigenvalue weighted by atomic mass is 9.95. The second-order valence-electron chi connectivity index (χ2n) is 9.93. The molecule has 5 rings (SSSR count). The quantitative estimate of drug-likeness (QED) is 0.171. The number of aliphatic hydroxyl groups excluding tert-OH is 1. The van der Waals surface area contributed by atoms with Crippen LogP contribution in [0.15, 0.2) is 66.5 Å². The number of carbonyl (C=O) groups is 2. The lowest BCUT2D eigenvalue weighted by molar-refractivity contribution is -0.132. The number of aryl methyl sites for hydroxylation is 2. The summed E-state index contributed by atoms with van der Waals surface area (Å²) in [6, 6.07) is 13.7. The van der Waals surface area contributed by atoms with Crippen molar-refractivity contribution >= 4 is 44.1 Å². The Kier molecular flexibility index (Phi) is 6.99. The van der Waals surface area contributed by atoms with Gasteiger partial charge in [0.25, 0.3) is 5.78 Å². The summed E-state index contributed by atoms with van der Waals surface area (Å²) in [4.78, 5) is 37.2. The average Bonchev–Trinajstić information content (AvgIpc) is 3.42. The summed E-state index contributed by atoms with van der Waals surface area (Å²) in [5.41, 5.74) is 3.93. The standard InChI is InChI=1S/C30H29N3O4S/c1-17(2)10-13-37-22-7-5-6-21(16-22)26-24(27(34)20-8-11-31-12-9-20)28(35)29(36)33(26)30-32-25-19(4)14-18(3)15-23(25)38-30/h5-9,11-12,14-17,26,34H,10,13H2,1-4H3. The van der Waals surface area contributed by atoms with Crippen LogP contribution in [0.1, 0.15) is 48.6 Å². The van der Waals surface area contributed by atoms with Gasteiger partial charge in [0.05, 0.1) is 28.4 Å². The molecule has 0 spiro atoms. The van der Waals surface area contributed by atoms with E-state index in [-0.39, 0.29) is 11.3 Å². The zero-order chi connectivity index (χ0) is 27.0. The number of hydrogen-bond acceptors (Lipinski definition) is 7. The lowest BCUT2D eigenvalue weighted by Gasteiger charge is -2.23. The predicted octanol–water partition coefficient (Wildman–Crippen LogP) is 6.36. The fraction of sp³-hybridized carbons (Fsp3) is 0.267. The summed E-state index contributed by atoms with van der Waals surface area (Å²) in [5.74, 6) is -0.615. The smallest absolute Gasteiger partial charge is 0.301 e. The molecule has 7 nitrogen and oxygen atoms in total. The molecule has 3 heterocycles. The molecule has 0 aliphatic carbocycles. The molecule has 1 aliphatic heterocycles. The topological polar surface area (TPSA) is 92.6 Å². The van der Waals surface area contributed by atoms with E-state index in [9.17, 15) is 14.7 Å². The minimum Gasteiger partial charge on any atom is -0.507 e. The molecule has 2 aromatic heterocycles. The second kappa shape index (κ2) is 10.4. The van der Waals surface area contributed by atoms with Gasteiger partial charge in [0.15, 0.2) is 5.13 Å². The number of thiazole rings is 1. The van der Waals surface area contributed by atoms with E-state index in [2.05, 4.69) is 18.8 Å². The first-order valence-electron chi connectivity index (χ1n) is 12.6. The predicted molar refractivity (Wildman–Crippen MR) is 150 cm³/mol. The molecule has 1 amide bonds. The van der Waals surface area contributed by atoms with Crippen LogP contribution in [-0.4, -0.2) is 33.4 Å². The highest BCUT2D eigenvalue weighted by Crippen LogP contribution is 2.45. The zero-order valence-electron chi connectivity index (χ0n) is 21.8. The van der Waals surface area contributed by atoms with Crippen molar-refractivity contribution in [3.8, 4) is 5.75 Å². The third kappa shape index (κ3) is 4.79. The number of fused-ring (bicyclic) bond motifs is 1. The number of Topliss-reactive ketones (excluding diaryl/α,β-unsaturated/α-hetero) is 1. The Morgan fingerprint density at radius 3 is 2.61 bits per heavy atom. The average molecular weight is 528 g/mol. The number of aliphatic hydroxyl groups is 1. The van der Waals surface area contributed by atoms with Gasteiger partial charge in [-0.25, -0.2) is 4.98 Å². The van der Waals surface area contributed by atoms with Crippen LogP contribution in [-0.2, 0) is 9.59 Å². The van der Waals surface area contributed by atoms with Gasteiger partial charge in [-0.05, 0) is 73.2 Å². The van der Waals surface area contributed by atoms with Gasteiger partial charge in [-0.15, -0.1) is 0 Å². The second-order valence-corrected chi connectivity index (χ2v) is 10.9. The van der Waals surface area contributed by atoms with Crippen LogP contribution in [0.25, 0.3) is 16.0 Å². The first kappa shape index (κ1) is 25.6. The van der Waals surface area contributed by atoms with Crippen LogP contribution < -0.4 is 9.64 Å². The molecule has 2 aromatic carbocycles. The van der Waals surface area contributed by atoms with Crippen molar-refractivity contribution in [1.29, 1.82) is 0 Å². The summed E-state index contributed by atoms with van der Waals surface area (Å²) in [7, 11) is 0. The first-order chi connectivity index (χ1) is 18.2. The Morgan fingerprint density at radius 2 is 1.87 bits per heavy atom. The van der Waals surface area contributed by atoms with Gasteiger partial charge in [-0.2, -0.15) is 0 Å². The normalized spacial score (nSPS) is 17.1. The van der Waals surface area contributed by atoms with E-state index >= 15 is 0 Å². The van der Waals surface area contributed by atoms with E-state index in [1.54, 1.807) is 12.1 Å². The maximum absolute atomic E-state index is 13.6. The van der Waals surface area contributed by atoms with E-state index in [0.717, 1.165) is 27.8 Å². The third-order valence-electron chi connectivity index (χ3n) is 6.56. The van der Waals surface area contributed by atoms with E-state index < -0.39 is 17.7 Å². The van der Waals surface area contributed by atoms with Gasteiger partial charge in [0.2, 0.25) is 0 Å². The van der Waals surface area contributed by atoms with E-state index in [4.69, 9.17) is 9.72 Å². The molecule has 1 saturated heterocycles. The Balaban J connectivity index is 1.67. The van der Waals surface area contributed by atoms with Crippen molar-refractivity contribution in [2.45, 2.75) is 40.2 Å². The zero-order valence-corrected chi connectivity index (χ0v) is 22.6. The molecule has 1 unspecified atom stereocenters. The highest BCUT2D eigenvalue weighted by molar-refractivity contribution is 7.22. The van der Waals surface area contributed by atoms with Gasteiger partial charge in [0, 0.05) is 18.0 Å². The Morgan fingerprint density at radius 1 is 1.11 bits per heavy atom. The highest BCUT2D eigenvalue weighted by atomic mass is 32.1. The summed E-state index contributed by atoms with van der Waals surface area (Å²) in [6.07, 6.45) is 3.96. The molecule has 0 radical (unpaired) electrons. The van der Waals surface area contributed by atoms with Crippen molar-refractivity contribution in [2.75, 3.05) is 11.5 Å². The number of carbonyl (C=O) groups excluding carboxylic acids is 2. The van der Waals surface area contributed by atoms with Crippen LogP contribution in [0.4, 0.5) is 5.13 Å². The Hall–Kier alpha value is -4.04. The number of ether oxygens (including phenoxy) is 1. The molecule has 1 N–H and O–H groups in total. The fourth-order valence-electron chi connectivity index (χ4n) is 4.66. The summed E-state index contributed by atoms with van der Waals surface area (Å²) in [5, 5.41) is 11.7. The van der Waals surface area contributed by atoms with Gasteiger partial charge in [-0.1, -0.05) is 43.4 Å². The number of amides is 1. The number of rotatable bonds is 7. The Bertz CT molecular complexity index is 1560. The van der Waals surface area contributed by atoms with Crippen molar-refractivity contribution in [1.82, 2.24) is 9.97 Å². The van der Waals surface area contributed by atoms with Crippen molar-refractivity contribution in [3.05, 3.63) is 88.8 Å². The molecule has 1 fully saturated rings. The number of benzene rings is 2. The van der Waals surface area contributed by atoms with Gasteiger partial charge in [0.1, 0.15) is 11.5 Å². The molecule has 1 atom stereocenters. The summed E-state index contributed by atoms with van der Waals surface area (Å²) >= 11 is 1.35. The van der Waals surface area contributed by atoms with Crippen molar-refractivity contribution in [2.24, 2.45) is 5.92 Å². The third-order valence-corrected chi connectivity index (χ3v) is 7.56. The monoisotopic (exact) mass is 527 g/mol. The van der Waals surface area contributed by atoms with Crippen LogP contribution in [0.2, 0.25) is 0 Å². The number of anilines is 1. The molecule has 4 aromatic rings. The molecule has 0 saturated carbocycles. The van der Waals surface area contributed by atoms with Crippen molar-refractivity contribution < 1.29 is 19.4 Å². The van der Waals surface area contributed by atoms with Crippen molar-refractivity contribution in [3.63, 3.8) is 0 Å².